The van der Waals surface area contributed by atoms with Crippen LogP contribution in [0.2, 0.25) is 0 Å². The summed E-state index contributed by atoms with van der Waals surface area (Å²) in [5.74, 6) is 2.13. The average molecular weight is 445 g/mol. The van der Waals surface area contributed by atoms with Gasteiger partial charge in [0, 0.05) is 20.2 Å². The molecule has 0 spiro atoms. The Morgan fingerprint density at radius 2 is 2.06 bits per heavy atom. The van der Waals surface area contributed by atoms with Gasteiger partial charge in [0.15, 0.2) is 17.4 Å². The first-order valence-electron chi connectivity index (χ1n) is 10.2. The van der Waals surface area contributed by atoms with E-state index in [2.05, 4.69) is 32.6 Å². The molecule has 0 aliphatic heterocycles. The van der Waals surface area contributed by atoms with E-state index in [-0.39, 0.29) is 12.5 Å². The van der Waals surface area contributed by atoms with Gasteiger partial charge in [0.1, 0.15) is 11.6 Å². The summed E-state index contributed by atoms with van der Waals surface area (Å²) in [6.45, 7) is 6.10. The minimum absolute atomic E-state index is 0.0300. The Bertz CT molecular complexity index is 1010. The monoisotopic (exact) mass is 444 g/mol. The van der Waals surface area contributed by atoms with Gasteiger partial charge in [-0.3, -0.25) is 4.79 Å². The van der Waals surface area contributed by atoms with Crippen LogP contribution >= 0.6 is 11.8 Å². The molecule has 3 rings (SSSR count). The molecule has 166 valence electrons. The number of carbonyl (C=O) groups excluding carboxylic acids is 1. The molecule has 2 aromatic heterocycles. The van der Waals surface area contributed by atoms with Crippen LogP contribution in [-0.2, 0) is 16.1 Å². The number of nitrogens with one attached hydrogen (secondary N) is 2. The van der Waals surface area contributed by atoms with Crippen LogP contribution in [0.1, 0.15) is 12.5 Å². The first kappa shape index (κ1) is 22.8. The highest BCUT2D eigenvalue weighted by Gasteiger charge is 2.13. The summed E-state index contributed by atoms with van der Waals surface area (Å²) >= 11 is 1.57. The van der Waals surface area contributed by atoms with Gasteiger partial charge in [-0.2, -0.15) is 5.10 Å². The molecule has 0 saturated heterocycles. The van der Waals surface area contributed by atoms with Gasteiger partial charge in [0.05, 0.1) is 24.7 Å². The third-order valence-corrected chi connectivity index (χ3v) is 5.18. The fourth-order valence-electron chi connectivity index (χ4n) is 2.91. The van der Waals surface area contributed by atoms with Crippen LogP contribution in [0.3, 0.4) is 0 Å². The molecule has 0 fully saturated rings. The molecule has 0 saturated carbocycles. The van der Waals surface area contributed by atoms with Gasteiger partial charge in [0.25, 0.3) is 5.91 Å². The van der Waals surface area contributed by atoms with Crippen molar-refractivity contribution in [2.45, 2.75) is 25.5 Å². The molecule has 0 bridgehead atoms. The summed E-state index contributed by atoms with van der Waals surface area (Å²) in [5, 5.41) is 12.1. The number of anilines is 1. The summed E-state index contributed by atoms with van der Waals surface area (Å²) in [4.78, 5) is 21.4. The quantitative estimate of drug-likeness (QED) is 0.250. The lowest BCUT2D eigenvalue weighted by Gasteiger charge is -2.10. The van der Waals surface area contributed by atoms with Crippen molar-refractivity contribution in [3.8, 4) is 5.75 Å². The molecular weight excluding hydrogens is 416 g/mol. The average Bonchev–Trinajstić information content (AvgIpc) is 3.17. The number of hydrogen-bond donors (Lipinski definition) is 2. The van der Waals surface area contributed by atoms with E-state index < -0.39 is 0 Å². The van der Waals surface area contributed by atoms with E-state index in [0.717, 1.165) is 28.2 Å². The molecule has 2 N–H and O–H groups in total. The standard InChI is InChI=1S/C21H28N6O3S/c1-4-31-21-25-19(23-10-12-29-3)16-13-24-27(20(16)26-21)11-9-22-18(28)14-30-17-8-6-5-7-15(17)2/h5-8,13H,4,9-12,14H2,1-3H3,(H,22,28)(H,23,25,26). The molecule has 2 heterocycles. The molecule has 0 atom stereocenters. The summed E-state index contributed by atoms with van der Waals surface area (Å²) in [5.41, 5.74) is 1.73. The van der Waals surface area contributed by atoms with Crippen LogP contribution in [-0.4, -0.2) is 64.8 Å². The van der Waals surface area contributed by atoms with Crippen LogP contribution in [0, 0.1) is 6.92 Å². The zero-order valence-corrected chi connectivity index (χ0v) is 18.9. The lowest BCUT2D eigenvalue weighted by atomic mass is 10.2. The summed E-state index contributed by atoms with van der Waals surface area (Å²) in [6, 6.07) is 7.61. The van der Waals surface area contributed by atoms with Gasteiger partial charge in [-0.15, -0.1) is 0 Å². The second-order valence-electron chi connectivity index (χ2n) is 6.72. The molecule has 0 aliphatic carbocycles. The van der Waals surface area contributed by atoms with Crippen molar-refractivity contribution in [3.05, 3.63) is 36.0 Å². The van der Waals surface area contributed by atoms with Gasteiger partial charge in [-0.25, -0.2) is 14.6 Å². The number of hydrogen-bond acceptors (Lipinski definition) is 8. The number of para-hydroxylation sites is 1. The number of nitrogens with zero attached hydrogens (tertiary/aromatic N) is 4. The fourth-order valence-corrected chi connectivity index (χ4v) is 3.48. The number of ether oxygens (including phenoxy) is 2. The Morgan fingerprint density at radius 3 is 2.84 bits per heavy atom. The molecule has 3 aromatic rings. The molecule has 0 aliphatic rings. The van der Waals surface area contributed by atoms with Crippen molar-refractivity contribution in [2.75, 3.05) is 44.5 Å². The van der Waals surface area contributed by atoms with Crippen LogP contribution in [0.15, 0.2) is 35.6 Å². The minimum atomic E-state index is -0.182. The lowest BCUT2D eigenvalue weighted by Crippen LogP contribution is -2.31. The highest BCUT2D eigenvalue weighted by atomic mass is 32.2. The molecular formula is C21H28N6O3S. The van der Waals surface area contributed by atoms with Crippen LogP contribution in [0.4, 0.5) is 5.82 Å². The Morgan fingerprint density at radius 1 is 1.23 bits per heavy atom. The lowest BCUT2D eigenvalue weighted by molar-refractivity contribution is -0.123. The second kappa shape index (κ2) is 11.5. The zero-order valence-electron chi connectivity index (χ0n) is 18.1. The maximum absolute atomic E-state index is 12.1. The van der Waals surface area contributed by atoms with Crippen molar-refractivity contribution in [2.24, 2.45) is 0 Å². The Kier molecular flexibility index (Phi) is 8.48. The molecule has 31 heavy (non-hydrogen) atoms. The molecule has 0 unspecified atom stereocenters. The fraction of sp³-hybridized carbons (Fsp3) is 0.429. The van der Waals surface area contributed by atoms with E-state index in [1.54, 1.807) is 29.8 Å². The predicted octanol–water partition coefficient (Wildman–Crippen LogP) is 2.50. The summed E-state index contributed by atoms with van der Waals surface area (Å²) < 4.78 is 12.5. The number of thioether (sulfide) groups is 1. The second-order valence-corrected chi connectivity index (χ2v) is 7.95. The number of fused-ring (bicyclic) bond motifs is 1. The number of carbonyl (C=O) groups is 1. The SMILES string of the molecule is CCSc1nc(NCCOC)c2cnn(CCNC(=O)COc3ccccc3C)c2n1. The van der Waals surface area contributed by atoms with Gasteiger partial charge in [-0.1, -0.05) is 36.9 Å². The van der Waals surface area contributed by atoms with E-state index in [1.165, 1.54) is 0 Å². The number of amides is 1. The first-order chi connectivity index (χ1) is 15.1. The smallest absolute Gasteiger partial charge is 0.258 e. The highest BCUT2D eigenvalue weighted by Crippen LogP contribution is 2.24. The largest absolute Gasteiger partial charge is 0.484 e. The number of rotatable bonds is 12. The molecule has 9 nitrogen and oxygen atoms in total. The van der Waals surface area contributed by atoms with Crippen LogP contribution < -0.4 is 15.4 Å². The third kappa shape index (κ3) is 6.31. The topological polar surface area (TPSA) is 103 Å². The first-order valence-corrected chi connectivity index (χ1v) is 11.1. The minimum Gasteiger partial charge on any atom is -0.484 e. The Labute approximate surface area is 185 Å². The number of benzene rings is 1. The van der Waals surface area contributed by atoms with Gasteiger partial charge >= 0.3 is 0 Å². The van der Waals surface area contributed by atoms with E-state index >= 15 is 0 Å². The van der Waals surface area contributed by atoms with Crippen LogP contribution in [0.5, 0.6) is 5.75 Å². The molecule has 1 aromatic carbocycles. The highest BCUT2D eigenvalue weighted by molar-refractivity contribution is 7.99. The zero-order chi connectivity index (χ0) is 22.1. The number of methoxy groups -OCH3 is 1. The Hall–Kier alpha value is -2.85. The maximum atomic E-state index is 12.1. The normalized spacial score (nSPS) is 10.9. The van der Waals surface area contributed by atoms with Gasteiger partial charge in [-0.05, 0) is 24.3 Å². The molecule has 10 heteroatoms. The summed E-state index contributed by atoms with van der Waals surface area (Å²) in [6.07, 6.45) is 1.74. The van der Waals surface area contributed by atoms with Crippen molar-refractivity contribution in [3.63, 3.8) is 0 Å². The van der Waals surface area contributed by atoms with Gasteiger partial charge in [0.2, 0.25) is 0 Å². The van der Waals surface area contributed by atoms with E-state index in [9.17, 15) is 4.79 Å². The van der Waals surface area contributed by atoms with Crippen molar-refractivity contribution in [1.29, 1.82) is 0 Å². The van der Waals surface area contributed by atoms with Gasteiger partial charge < -0.3 is 20.1 Å². The van der Waals surface area contributed by atoms with Crippen molar-refractivity contribution < 1.29 is 14.3 Å². The van der Waals surface area contributed by atoms with Crippen LogP contribution in [0.25, 0.3) is 11.0 Å². The summed E-state index contributed by atoms with van der Waals surface area (Å²) in [7, 11) is 1.66. The Balaban J connectivity index is 1.60. The predicted molar refractivity (Wildman–Crippen MR) is 122 cm³/mol. The third-order valence-electron chi connectivity index (χ3n) is 4.45. The number of aryl methyl sites for hydroxylation is 1. The van der Waals surface area contributed by atoms with Crippen molar-refractivity contribution >= 4 is 34.5 Å². The maximum Gasteiger partial charge on any atom is 0.258 e. The van der Waals surface area contributed by atoms with E-state index in [1.807, 2.05) is 31.2 Å². The molecule has 0 radical (unpaired) electrons. The number of aromatic nitrogens is 4. The van der Waals surface area contributed by atoms with E-state index in [0.29, 0.717) is 37.1 Å². The van der Waals surface area contributed by atoms with E-state index in [4.69, 9.17) is 9.47 Å². The molecule has 1 amide bonds. The van der Waals surface area contributed by atoms with Crippen molar-refractivity contribution in [1.82, 2.24) is 25.1 Å².